The fourth-order valence-electron chi connectivity index (χ4n) is 1.21. The van der Waals surface area contributed by atoms with Crippen LogP contribution in [0, 0.1) is 0 Å². The van der Waals surface area contributed by atoms with Crippen LogP contribution in [-0.2, 0) is 0 Å². The molecule has 0 saturated heterocycles. The van der Waals surface area contributed by atoms with Crippen molar-refractivity contribution in [1.29, 1.82) is 0 Å². The molecule has 3 N–H and O–H groups in total. The topological polar surface area (TPSA) is 68.0 Å². The van der Waals surface area contributed by atoms with E-state index in [1.807, 2.05) is 6.92 Å². The molecule has 0 spiro atoms. The van der Waals surface area contributed by atoms with Gasteiger partial charge in [0.25, 0.3) is 5.91 Å². The van der Waals surface area contributed by atoms with Gasteiger partial charge in [0.2, 0.25) is 0 Å². The Labute approximate surface area is 89.9 Å². The lowest BCUT2D eigenvalue weighted by molar-refractivity contribution is 0.0948. The summed E-state index contributed by atoms with van der Waals surface area (Å²) >= 11 is 0. The van der Waals surface area contributed by atoms with Gasteiger partial charge in [-0.15, -0.1) is 0 Å². The van der Waals surface area contributed by atoms with Crippen LogP contribution < -0.4 is 11.1 Å². The highest BCUT2D eigenvalue weighted by atomic mass is 16.1. The van der Waals surface area contributed by atoms with Crippen LogP contribution in [0.5, 0.6) is 0 Å². The molecular weight excluding hydrogens is 190 g/mol. The van der Waals surface area contributed by atoms with Crippen molar-refractivity contribution >= 4 is 5.91 Å². The molecule has 4 heteroatoms. The number of amides is 1. The van der Waals surface area contributed by atoms with Gasteiger partial charge in [-0.2, -0.15) is 0 Å². The lowest BCUT2D eigenvalue weighted by Crippen LogP contribution is -2.26. The zero-order valence-corrected chi connectivity index (χ0v) is 8.94. The lowest BCUT2D eigenvalue weighted by atomic mass is 10.2. The zero-order valence-electron chi connectivity index (χ0n) is 8.94. The van der Waals surface area contributed by atoms with E-state index in [-0.39, 0.29) is 11.9 Å². The fourth-order valence-corrected chi connectivity index (χ4v) is 1.21. The molecule has 1 unspecified atom stereocenters. The molecule has 4 nitrogen and oxygen atoms in total. The van der Waals surface area contributed by atoms with Gasteiger partial charge in [-0.3, -0.25) is 9.78 Å². The molecule has 0 bridgehead atoms. The Balaban J connectivity index is 2.25. The first-order valence-electron chi connectivity index (χ1n) is 5.15. The number of carbonyl (C=O) groups excluding carboxylic acids is 1. The van der Waals surface area contributed by atoms with Gasteiger partial charge in [-0.25, -0.2) is 0 Å². The Hall–Kier alpha value is -1.42. The van der Waals surface area contributed by atoms with E-state index in [1.165, 1.54) is 0 Å². The minimum atomic E-state index is -0.125. The predicted molar refractivity (Wildman–Crippen MR) is 59.5 cm³/mol. The van der Waals surface area contributed by atoms with E-state index in [9.17, 15) is 4.79 Å². The van der Waals surface area contributed by atoms with Crippen molar-refractivity contribution < 1.29 is 4.79 Å². The molecule has 1 rings (SSSR count). The Morgan fingerprint density at radius 1 is 1.60 bits per heavy atom. The van der Waals surface area contributed by atoms with Crippen LogP contribution in [0.15, 0.2) is 24.4 Å². The number of hydrogen-bond donors (Lipinski definition) is 2. The summed E-state index contributed by atoms with van der Waals surface area (Å²) in [5.41, 5.74) is 6.05. The summed E-state index contributed by atoms with van der Waals surface area (Å²) in [6.45, 7) is 2.61. The first-order chi connectivity index (χ1) is 7.20. The molecule has 1 aromatic rings. The van der Waals surface area contributed by atoms with E-state index in [2.05, 4.69) is 10.3 Å². The van der Waals surface area contributed by atoms with E-state index < -0.39 is 0 Å². The average Bonchev–Trinajstić information content (AvgIpc) is 2.25. The summed E-state index contributed by atoms with van der Waals surface area (Å²) in [5, 5.41) is 2.80. The maximum Gasteiger partial charge on any atom is 0.269 e. The number of nitrogens with zero attached hydrogens (tertiary/aromatic N) is 1. The summed E-state index contributed by atoms with van der Waals surface area (Å²) in [6.07, 6.45) is 3.43. The molecule has 1 amide bonds. The first kappa shape index (κ1) is 11.7. The third-order valence-electron chi connectivity index (χ3n) is 2.02. The largest absolute Gasteiger partial charge is 0.351 e. The third-order valence-corrected chi connectivity index (χ3v) is 2.02. The molecule has 0 saturated carbocycles. The molecule has 1 atom stereocenters. The summed E-state index contributed by atoms with van der Waals surface area (Å²) < 4.78 is 0. The van der Waals surface area contributed by atoms with Gasteiger partial charge < -0.3 is 11.1 Å². The van der Waals surface area contributed by atoms with E-state index in [0.29, 0.717) is 12.2 Å². The third kappa shape index (κ3) is 4.56. The zero-order chi connectivity index (χ0) is 11.1. The predicted octanol–water partition coefficient (Wildman–Crippen LogP) is 0.939. The number of nitrogens with one attached hydrogen (secondary N) is 1. The van der Waals surface area contributed by atoms with Crippen molar-refractivity contribution in [2.75, 3.05) is 6.54 Å². The highest BCUT2D eigenvalue weighted by Crippen LogP contribution is 1.94. The number of carbonyl (C=O) groups is 1. The van der Waals surface area contributed by atoms with Gasteiger partial charge in [0.1, 0.15) is 5.69 Å². The van der Waals surface area contributed by atoms with Gasteiger partial charge >= 0.3 is 0 Å². The molecule has 0 fully saturated rings. The normalized spacial score (nSPS) is 12.1. The van der Waals surface area contributed by atoms with E-state index in [4.69, 9.17) is 5.73 Å². The van der Waals surface area contributed by atoms with Crippen molar-refractivity contribution in [3.63, 3.8) is 0 Å². The van der Waals surface area contributed by atoms with E-state index in [1.54, 1.807) is 24.4 Å². The SMILES string of the molecule is CC(N)CCCNC(=O)c1ccccn1. The van der Waals surface area contributed by atoms with E-state index >= 15 is 0 Å². The van der Waals surface area contributed by atoms with Crippen molar-refractivity contribution in [3.05, 3.63) is 30.1 Å². The molecule has 0 aromatic carbocycles. The number of pyridine rings is 1. The number of rotatable bonds is 5. The molecular formula is C11H17N3O. The van der Waals surface area contributed by atoms with Crippen LogP contribution in [-0.4, -0.2) is 23.5 Å². The van der Waals surface area contributed by atoms with Crippen LogP contribution in [0.25, 0.3) is 0 Å². The monoisotopic (exact) mass is 207 g/mol. The Kier molecular flexibility index (Phi) is 4.77. The highest BCUT2D eigenvalue weighted by molar-refractivity contribution is 5.92. The smallest absolute Gasteiger partial charge is 0.269 e. The van der Waals surface area contributed by atoms with Gasteiger partial charge in [0.05, 0.1) is 0 Å². The Morgan fingerprint density at radius 2 is 2.40 bits per heavy atom. The second kappa shape index (κ2) is 6.14. The fraction of sp³-hybridized carbons (Fsp3) is 0.455. The molecule has 0 aliphatic rings. The standard InChI is InChI=1S/C11H17N3O/c1-9(12)5-4-8-14-11(15)10-6-2-3-7-13-10/h2-3,6-7,9H,4-5,8,12H2,1H3,(H,14,15). The minimum absolute atomic E-state index is 0.125. The van der Waals surface area contributed by atoms with Gasteiger partial charge in [-0.1, -0.05) is 6.07 Å². The first-order valence-corrected chi connectivity index (χ1v) is 5.15. The maximum atomic E-state index is 11.5. The molecule has 15 heavy (non-hydrogen) atoms. The number of hydrogen-bond acceptors (Lipinski definition) is 3. The second-order valence-corrected chi connectivity index (χ2v) is 3.59. The van der Waals surface area contributed by atoms with Crippen LogP contribution in [0.2, 0.25) is 0 Å². The van der Waals surface area contributed by atoms with Crippen LogP contribution in [0.1, 0.15) is 30.3 Å². The van der Waals surface area contributed by atoms with Crippen LogP contribution >= 0.6 is 0 Å². The summed E-state index contributed by atoms with van der Waals surface area (Å²) in [4.78, 5) is 15.4. The highest BCUT2D eigenvalue weighted by Gasteiger charge is 2.04. The van der Waals surface area contributed by atoms with Crippen molar-refractivity contribution in [1.82, 2.24) is 10.3 Å². The Morgan fingerprint density at radius 3 is 3.00 bits per heavy atom. The molecule has 1 heterocycles. The van der Waals surface area contributed by atoms with E-state index in [0.717, 1.165) is 12.8 Å². The maximum absolute atomic E-state index is 11.5. The summed E-state index contributed by atoms with van der Waals surface area (Å²) in [6, 6.07) is 5.47. The second-order valence-electron chi connectivity index (χ2n) is 3.59. The van der Waals surface area contributed by atoms with Crippen LogP contribution in [0.4, 0.5) is 0 Å². The van der Waals surface area contributed by atoms with Crippen molar-refractivity contribution in [2.45, 2.75) is 25.8 Å². The molecule has 0 aliphatic heterocycles. The minimum Gasteiger partial charge on any atom is -0.351 e. The average molecular weight is 207 g/mol. The lowest BCUT2D eigenvalue weighted by Gasteiger charge is -2.06. The summed E-state index contributed by atoms with van der Waals surface area (Å²) in [5.74, 6) is -0.125. The van der Waals surface area contributed by atoms with Gasteiger partial charge in [-0.05, 0) is 31.9 Å². The van der Waals surface area contributed by atoms with Crippen molar-refractivity contribution in [2.24, 2.45) is 5.73 Å². The Bertz CT molecular complexity index is 298. The number of aromatic nitrogens is 1. The molecule has 82 valence electrons. The van der Waals surface area contributed by atoms with Gasteiger partial charge in [0.15, 0.2) is 0 Å². The molecule has 1 aromatic heterocycles. The summed E-state index contributed by atoms with van der Waals surface area (Å²) in [7, 11) is 0. The van der Waals surface area contributed by atoms with Gasteiger partial charge in [0, 0.05) is 18.8 Å². The quantitative estimate of drug-likeness (QED) is 0.706. The van der Waals surface area contributed by atoms with Crippen LogP contribution in [0.3, 0.4) is 0 Å². The number of nitrogens with two attached hydrogens (primary N) is 1. The molecule has 0 radical (unpaired) electrons. The molecule has 0 aliphatic carbocycles. The van der Waals surface area contributed by atoms with Crippen molar-refractivity contribution in [3.8, 4) is 0 Å².